The second-order valence-electron chi connectivity index (χ2n) is 7.35. The molecule has 2 heterocycles. The summed E-state index contributed by atoms with van der Waals surface area (Å²) >= 11 is 0. The van der Waals surface area contributed by atoms with Gasteiger partial charge in [-0.15, -0.1) is 0 Å². The first-order valence-electron chi connectivity index (χ1n) is 8.43. The largest absolute Gasteiger partial charge is 0.476 e. The van der Waals surface area contributed by atoms with E-state index in [0.717, 1.165) is 17.5 Å². The molecule has 0 spiro atoms. The SMILES string of the molecule is CC(C)(C)OC(=O)N1CC[C@@H](COc2cnc3cc(N)ccc3n2)C1. The molecule has 0 unspecified atom stereocenters. The van der Waals surface area contributed by atoms with E-state index in [0.29, 0.717) is 31.3 Å². The molecule has 1 atom stereocenters. The van der Waals surface area contributed by atoms with Gasteiger partial charge in [-0.3, -0.25) is 0 Å². The van der Waals surface area contributed by atoms with E-state index in [-0.39, 0.29) is 12.0 Å². The Morgan fingerprint density at radius 2 is 2.16 bits per heavy atom. The number of nitrogen functional groups attached to an aromatic ring is 1. The topological polar surface area (TPSA) is 90.6 Å². The lowest BCUT2D eigenvalue weighted by molar-refractivity contribution is 0.0284. The molecule has 134 valence electrons. The number of fused-ring (bicyclic) bond motifs is 1. The van der Waals surface area contributed by atoms with Crippen LogP contribution in [0.1, 0.15) is 27.2 Å². The van der Waals surface area contributed by atoms with Crippen LogP contribution in [-0.2, 0) is 4.74 Å². The van der Waals surface area contributed by atoms with E-state index >= 15 is 0 Å². The van der Waals surface area contributed by atoms with Crippen LogP contribution in [0.4, 0.5) is 10.5 Å². The van der Waals surface area contributed by atoms with Gasteiger partial charge in [0, 0.05) is 24.7 Å². The molecule has 0 aliphatic carbocycles. The van der Waals surface area contributed by atoms with Crippen molar-refractivity contribution >= 4 is 22.8 Å². The fraction of sp³-hybridized carbons (Fsp3) is 0.500. The fourth-order valence-electron chi connectivity index (χ4n) is 2.74. The first kappa shape index (κ1) is 17.3. The zero-order chi connectivity index (χ0) is 18.0. The molecular formula is C18H24N4O3. The average molecular weight is 344 g/mol. The van der Waals surface area contributed by atoms with Crippen LogP contribution in [0.25, 0.3) is 11.0 Å². The predicted octanol–water partition coefficient (Wildman–Crippen LogP) is 2.85. The highest BCUT2D eigenvalue weighted by atomic mass is 16.6. The number of nitrogens with zero attached hydrogens (tertiary/aromatic N) is 3. The van der Waals surface area contributed by atoms with Crippen molar-refractivity contribution in [3.8, 4) is 5.88 Å². The second kappa shape index (κ2) is 6.74. The van der Waals surface area contributed by atoms with Gasteiger partial charge in [-0.05, 0) is 45.4 Å². The first-order valence-corrected chi connectivity index (χ1v) is 8.43. The molecule has 1 aromatic carbocycles. The maximum absolute atomic E-state index is 12.1. The Hall–Kier alpha value is -2.57. The number of hydrogen-bond donors (Lipinski definition) is 1. The smallest absolute Gasteiger partial charge is 0.410 e. The van der Waals surface area contributed by atoms with Gasteiger partial charge in [0.15, 0.2) is 0 Å². The molecule has 1 amide bonds. The molecule has 1 aliphatic heterocycles. The summed E-state index contributed by atoms with van der Waals surface area (Å²) < 4.78 is 11.2. The Morgan fingerprint density at radius 1 is 1.36 bits per heavy atom. The van der Waals surface area contributed by atoms with Crippen molar-refractivity contribution < 1.29 is 14.3 Å². The maximum Gasteiger partial charge on any atom is 0.410 e. The third-order valence-corrected chi connectivity index (χ3v) is 3.95. The molecule has 2 aromatic rings. The summed E-state index contributed by atoms with van der Waals surface area (Å²) in [5.41, 5.74) is 7.40. The number of aromatic nitrogens is 2. The van der Waals surface area contributed by atoms with Gasteiger partial charge in [0.05, 0.1) is 23.8 Å². The average Bonchev–Trinajstić information content (AvgIpc) is 3.00. The Kier molecular flexibility index (Phi) is 4.65. The molecule has 1 saturated heterocycles. The van der Waals surface area contributed by atoms with Gasteiger partial charge >= 0.3 is 6.09 Å². The monoisotopic (exact) mass is 344 g/mol. The van der Waals surface area contributed by atoms with Crippen LogP contribution in [0, 0.1) is 5.92 Å². The van der Waals surface area contributed by atoms with Crippen LogP contribution >= 0.6 is 0 Å². The third kappa shape index (κ3) is 4.49. The first-order chi connectivity index (χ1) is 11.8. The van der Waals surface area contributed by atoms with Gasteiger partial charge in [-0.25, -0.2) is 14.8 Å². The molecule has 0 saturated carbocycles. The van der Waals surface area contributed by atoms with E-state index in [1.807, 2.05) is 26.8 Å². The number of carbonyl (C=O) groups is 1. The standard InChI is InChI=1S/C18H24N4O3/c1-18(2,3)25-17(23)22-7-6-12(10-22)11-24-16-9-20-15-8-13(19)4-5-14(15)21-16/h4-5,8-9,12H,6-7,10-11,19H2,1-3H3/t12-/m1/s1. The molecule has 0 bridgehead atoms. The van der Waals surface area contributed by atoms with Crippen LogP contribution in [0.3, 0.4) is 0 Å². The summed E-state index contributed by atoms with van der Waals surface area (Å²) in [6.07, 6.45) is 2.22. The fourth-order valence-corrected chi connectivity index (χ4v) is 2.74. The van der Waals surface area contributed by atoms with Crippen molar-refractivity contribution in [2.24, 2.45) is 5.92 Å². The number of amides is 1. The van der Waals surface area contributed by atoms with Crippen molar-refractivity contribution in [2.75, 3.05) is 25.4 Å². The number of benzene rings is 1. The van der Waals surface area contributed by atoms with E-state index in [9.17, 15) is 4.79 Å². The van der Waals surface area contributed by atoms with E-state index in [2.05, 4.69) is 9.97 Å². The number of hydrogen-bond acceptors (Lipinski definition) is 6. The highest BCUT2D eigenvalue weighted by molar-refractivity contribution is 5.78. The van der Waals surface area contributed by atoms with Crippen LogP contribution in [-0.4, -0.2) is 46.3 Å². The second-order valence-corrected chi connectivity index (χ2v) is 7.35. The van der Waals surface area contributed by atoms with E-state index in [1.54, 1.807) is 23.2 Å². The molecule has 3 rings (SSSR count). The van der Waals surface area contributed by atoms with Crippen LogP contribution in [0.5, 0.6) is 5.88 Å². The minimum atomic E-state index is -0.476. The molecule has 1 aliphatic rings. The van der Waals surface area contributed by atoms with E-state index < -0.39 is 5.60 Å². The number of likely N-dealkylation sites (tertiary alicyclic amines) is 1. The number of ether oxygens (including phenoxy) is 2. The Morgan fingerprint density at radius 3 is 2.92 bits per heavy atom. The van der Waals surface area contributed by atoms with Gasteiger partial charge in [-0.2, -0.15) is 0 Å². The zero-order valence-electron chi connectivity index (χ0n) is 14.9. The van der Waals surface area contributed by atoms with Crippen LogP contribution in [0.2, 0.25) is 0 Å². The lowest BCUT2D eigenvalue weighted by Crippen LogP contribution is -2.35. The maximum atomic E-state index is 12.1. The van der Waals surface area contributed by atoms with Crippen molar-refractivity contribution in [2.45, 2.75) is 32.8 Å². The summed E-state index contributed by atoms with van der Waals surface area (Å²) in [7, 11) is 0. The zero-order valence-corrected chi connectivity index (χ0v) is 14.9. The van der Waals surface area contributed by atoms with Crippen molar-refractivity contribution in [1.29, 1.82) is 0 Å². The van der Waals surface area contributed by atoms with E-state index in [4.69, 9.17) is 15.2 Å². The highest BCUT2D eigenvalue weighted by Crippen LogP contribution is 2.21. The van der Waals surface area contributed by atoms with Gasteiger partial charge in [0.25, 0.3) is 0 Å². The van der Waals surface area contributed by atoms with Gasteiger partial charge in [0.2, 0.25) is 5.88 Å². The van der Waals surface area contributed by atoms with Crippen molar-refractivity contribution in [1.82, 2.24) is 14.9 Å². The van der Waals surface area contributed by atoms with Gasteiger partial charge < -0.3 is 20.1 Å². The third-order valence-electron chi connectivity index (χ3n) is 3.95. The molecule has 1 fully saturated rings. The minimum Gasteiger partial charge on any atom is -0.476 e. The summed E-state index contributed by atoms with van der Waals surface area (Å²) in [6.45, 7) is 7.42. The Balaban J connectivity index is 1.54. The number of anilines is 1. The molecule has 7 heteroatoms. The molecule has 2 N–H and O–H groups in total. The van der Waals surface area contributed by atoms with E-state index in [1.165, 1.54) is 0 Å². The molecule has 1 aromatic heterocycles. The highest BCUT2D eigenvalue weighted by Gasteiger charge is 2.30. The Bertz CT molecular complexity index is 772. The molecule has 25 heavy (non-hydrogen) atoms. The van der Waals surface area contributed by atoms with Crippen molar-refractivity contribution in [3.63, 3.8) is 0 Å². The summed E-state index contributed by atoms with van der Waals surface area (Å²) in [5, 5.41) is 0. The summed E-state index contributed by atoms with van der Waals surface area (Å²) in [5.74, 6) is 0.740. The summed E-state index contributed by atoms with van der Waals surface area (Å²) in [6, 6.07) is 5.39. The predicted molar refractivity (Wildman–Crippen MR) is 95.4 cm³/mol. The number of carbonyl (C=O) groups excluding carboxylic acids is 1. The molecule has 7 nitrogen and oxygen atoms in total. The lowest BCUT2D eigenvalue weighted by atomic mass is 10.1. The quantitative estimate of drug-likeness (QED) is 0.861. The summed E-state index contributed by atoms with van der Waals surface area (Å²) in [4.78, 5) is 22.6. The van der Waals surface area contributed by atoms with Crippen molar-refractivity contribution in [3.05, 3.63) is 24.4 Å². The minimum absolute atomic E-state index is 0.261. The molecular weight excluding hydrogens is 320 g/mol. The van der Waals surface area contributed by atoms with Crippen LogP contribution < -0.4 is 10.5 Å². The lowest BCUT2D eigenvalue weighted by Gasteiger charge is -2.24. The number of rotatable bonds is 3. The molecule has 0 radical (unpaired) electrons. The normalized spacial score (nSPS) is 17.7. The number of nitrogens with two attached hydrogens (primary N) is 1. The van der Waals surface area contributed by atoms with Gasteiger partial charge in [0.1, 0.15) is 5.60 Å². The van der Waals surface area contributed by atoms with Gasteiger partial charge in [-0.1, -0.05) is 0 Å². The Labute approximate surface area is 147 Å². The van der Waals surface area contributed by atoms with Crippen LogP contribution in [0.15, 0.2) is 24.4 Å².